The molecule has 0 amide bonds. The number of benzene rings is 1. The zero-order valence-electron chi connectivity index (χ0n) is 11.3. The summed E-state index contributed by atoms with van der Waals surface area (Å²) in [4.78, 5) is 0. The van der Waals surface area contributed by atoms with Crippen molar-refractivity contribution in [2.24, 2.45) is 0 Å². The fourth-order valence-electron chi connectivity index (χ4n) is 2.19. The van der Waals surface area contributed by atoms with Gasteiger partial charge >= 0.3 is 0 Å². The van der Waals surface area contributed by atoms with Gasteiger partial charge in [-0.3, -0.25) is 4.68 Å². The van der Waals surface area contributed by atoms with Crippen LogP contribution in [0.3, 0.4) is 0 Å². The molecule has 3 nitrogen and oxygen atoms in total. The summed E-state index contributed by atoms with van der Waals surface area (Å²) in [6.45, 7) is 2.74. The Labute approximate surface area is 115 Å². The summed E-state index contributed by atoms with van der Waals surface area (Å²) >= 11 is 0. The number of halogens is 3. The van der Waals surface area contributed by atoms with E-state index in [1.807, 2.05) is 6.92 Å². The maximum Gasteiger partial charge on any atom is 0.134 e. The van der Waals surface area contributed by atoms with E-state index in [0.717, 1.165) is 13.0 Å². The van der Waals surface area contributed by atoms with Gasteiger partial charge in [0, 0.05) is 36.0 Å². The molecule has 0 aliphatic carbocycles. The van der Waals surface area contributed by atoms with Crippen LogP contribution in [-0.2, 0) is 6.54 Å². The Bertz CT molecular complexity index is 572. The van der Waals surface area contributed by atoms with E-state index in [9.17, 15) is 13.2 Å². The zero-order valence-corrected chi connectivity index (χ0v) is 11.3. The SMILES string of the molecule is CCCn1cc(C(NC)c2c(F)cc(F)cc2F)cn1. The first-order valence-electron chi connectivity index (χ1n) is 6.40. The minimum Gasteiger partial charge on any atom is -0.309 e. The molecule has 0 aliphatic heterocycles. The molecule has 1 heterocycles. The molecule has 0 saturated heterocycles. The van der Waals surface area contributed by atoms with Crippen molar-refractivity contribution in [3.63, 3.8) is 0 Å². The van der Waals surface area contributed by atoms with Crippen molar-refractivity contribution in [2.45, 2.75) is 25.9 Å². The molecule has 1 atom stereocenters. The normalized spacial score (nSPS) is 12.7. The molecule has 1 aromatic carbocycles. The standard InChI is InChI=1S/C14H16F3N3/c1-3-4-20-8-9(7-19-20)14(18-2)13-11(16)5-10(15)6-12(13)17/h5-8,14,18H,3-4H2,1-2H3. The smallest absolute Gasteiger partial charge is 0.134 e. The Morgan fingerprint density at radius 1 is 1.25 bits per heavy atom. The van der Waals surface area contributed by atoms with Crippen LogP contribution in [0.4, 0.5) is 13.2 Å². The molecule has 1 N–H and O–H groups in total. The van der Waals surface area contributed by atoms with E-state index in [-0.39, 0.29) is 5.56 Å². The van der Waals surface area contributed by atoms with E-state index in [4.69, 9.17) is 0 Å². The number of aromatic nitrogens is 2. The lowest BCUT2D eigenvalue weighted by atomic mass is 10.0. The Morgan fingerprint density at radius 2 is 1.90 bits per heavy atom. The summed E-state index contributed by atoms with van der Waals surface area (Å²) in [6, 6.07) is 0.652. The molecule has 2 aromatic rings. The first-order chi connectivity index (χ1) is 9.56. The predicted octanol–water partition coefficient (Wildman–Crippen LogP) is 3.02. The average Bonchev–Trinajstić information content (AvgIpc) is 2.82. The second-order valence-electron chi connectivity index (χ2n) is 4.54. The van der Waals surface area contributed by atoms with Gasteiger partial charge in [-0.25, -0.2) is 13.2 Å². The third-order valence-corrected chi connectivity index (χ3v) is 3.06. The van der Waals surface area contributed by atoms with Crippen LogP contribution < -0.4 is 5.32 Å². The minimum absolute atomic E-state index is 0.204. The number of nitrogens with one attached hydrogen (secondary N) is 1. The average molecular weight is 283 g/mol. The zero-order chi connectivity index (χ0) is 14.7. The van der Waals surface area contributed by atoms with Gasteiger partial charge in [0.1, 0.15) is 17.5 Å². The van der Waals surface area contributed by atoms with Gasteiger partial charge in [0.2, 0.25) is 0 Å². The molecule has 6 heteroatoms. The van der Waals surface area contributed by atoms with E-state index in [1.165, 1.54) is 0 Å². The van der Waals surface area contributed by atoms with Crippen LogP contribution in [-0.4, -0.2) is 16.8 Å². The van der Waals surface area contributed by atoms with Crippen LogP contribution >= 0.6 is 0 Å². The summed E-state index contributed by atoms with van der Waals surface area (Å²) in [5.74, 6) is -2.75. The molecule has 0 bridgehead atoms. The largest absolute Gasteiger partial charge is 0.309 e. The summed E-state index contributed by atoms with van der Waals surface area (Å²) < 4.78 is 42.4. The van der Waals surface area contributed by atoms with Crippen molar-refractivity contribution in [1.82, 2.24) is 15.1 Å². The Kier molecular flexibility index (Phi) is 4.44. The summed E-state index contributed by atoms with van der Waals surface area (Å²) in [5.41, 5.74) is 0.426. The van der Waals surface area contributed by atoms with Gasteiger partial charge in [-0.05, 0) is 13.5 Å². The molecule has 0 spiro atoms. The quantitative estimate of drug-likeness (QED) is 0.914. The van der Waals surface area contributed by atoms with Gasteiger partial charge in [-0.15, -0.1) is 0 Å². The third-order valence-electron chi connectivity index (χ3n) is 3.06. The highest BCUT2D eigenvalue weighted by Gasteiger charge is 2.22. The topological polar surface area (TPSA) is 29.9 Å². The summed E-state index contributed by atoms with van der Waals surface area (Å²) in [7, 11) is 1.59. The van der Waals surface area contributed by atoms with Crippen LogP contribution in [0.15, 0.2) is 24.5 Å². The molecule has 20 heavy (non-hydrogen) atoms. The Morgan fingerprint density at radius 3 is 2.45 bits per heavy atom. The van der Waals surface area contributed by atoms with Crippen molar-refractivity contribution in [3.05, 3.63) is 53.1 Å². The van der Waals surface area contributed by atoms with Crippen molar-refractivity contribution in [1.29, 1.82) is 0 Å². The molecule has 2 rings (SSSR count). The first-order valence-corrected chi connectivity index (χ1v) is 6.40. The number of rotatable bonds is 5. The lowest BCUT2D eigenvalue weighted by molar-refractivity contribution is 0.499. The van der Waals surface area contributed by atoms with E-state index in [1.54, 1.807) is 24.1 Å². The fourth-order valence-corrected chi connectivity index (χ4v) is 2.19. The maximum absolute atomic E-state index is 13.8. The molecule has 0 radical (unpaired) electrons. The Hall–Kier alpha value is -1.82. The van der Waals surface area contributed by atoms with E-state index in [2.05, 4.69) is 10.4 Å². The van der Waals surface area contributed by atoms with Gasteiger partial charge in [0.25, 0.3) is 0 Å². The second kappa shape index (κ2) is 6.09. The van der Waals surface area contributed by atoms with Crippen LogP contribution in [0.1, 0.15) is 30.5 Å². The van der Waals surface area contributed by atoms with Crippen LogP contribution in [0, 0.1) is 17.5 Å². The van der Waals surface area contributed by atoms with Crippen molar-refractivity contribution in [2.75, 3.05) is 7.05 Å². The van der Waals surface area contributed by atoms with Gasteiger partial charge in [-0.1, -0.05) is 6.92 Å². The van der Waals surface area contributed by atoms with Gasteiger partial charge < -0.3 is 5.32 Å². The van der Waals surface area contributed by atoms with Gasteiger partial charge in [0.05, 0.1) is 12.2 Å². The number of hydrogen-bond acceptors (Lipinski definition) is 2. The highest BCUT2D eigenvalue weighted by molar-refractivity contribution is 5.32. The first kappa shape index (κ1) is 14.6. The van der Waals surface area contributed by atoms with E-state index < -0.39 is 23.5 Å². The van der Waals surface area contributed by atoms with Crippen molar-refractivity contribution < 1.29 is 13.2 Å². The van der Waals surface area contributed by atoms with Crippen LogP contribution in [0.2, 0.25) is 0 Å². The summed E-state index contributed by atoms with van der Waals surface area (Å²) in [5, 5.41) is 6.97. The predicted molar refractivity (Wildman–Crippen MR) is 69.7 cm³/mol. The molecule has 0 aliphatic rings. The van der Waals surface area contributed by atoms with Gasteiger partial charge in [0.15, 0.2) is 0 Å². The molecule has 0 fully saturated rings. The number of aryl methyl sites for hydroxylation is 1. The van der Waals surface area contributed by atoms with Gasteiger partial charge in [-0.2, -0.15) is 5.10 Å². The second-order valence-corrected chi connectivity index (χ2v) is 4.54. The molecule has 108 valence electrons. The lowest BCUT2D eigenvalue weighted by Crippen LogP contribution is -2.20. The fraction of sp³-hybridized carbons (Fsp3) is 0.357. The maximum atomic E-state index is 13.8. The molecular weight excluding hydrogens is 267 g/mol. The highest BCUT2D eigenvalue weighted by Crippen LogP contribution is 2.27. The lowest BCUT2D eigenvalue weighted by Gasteiger charge is -2.16. The molecular formula is C14H16F3N3. The highest BCUT2D eigenvalue weighted by atomic mass is 19.1. The molecule has 0 saturated carbocycles. The Balaban J connectivity index is 2.41. The van der Waals surface area contributed by atoms with Crippen LogP contribution in [0.25, 0.3) is 0 Å². The van der Waals surface area contributed by atoms with E-state index >= 15 is 0 Å². The van der Waals surface area contributed by atoms with E-state index in [0.29, 0.717) is 17.7 Å². The third kappa shape index (κ3) is 2.85. The number of nitrogens with zero attached hydrogens (tertiary/aromatic N) is 2. The van der Waals surface area contributed by atoms with Crippen molar-refractivity contribution in [3.8, 4) is 0 Å². The number of hydrogen-bond donors (Lipinski definition) is 1. The van der Waals surface area contributed by atoms with Crippen LogP contribution in [0.5, 0.6) is 0 Å². The van der Waals surface area contributed by atoms with Crippen molar-refractivity contribution >= 4 is 0 Å². The minimum atomic E-state index is -0.930. The monoisotopic (exact) mass is 283 g/mol. The molecule has 1 aromatic heterocycles. The summed E-state index contributed by atoms with van der Waals surface area (Å²) in [6.07, 6.45) is 4.19. The molecule has 1 unspecified atom stereocenters.